The molecule has 0 aliphatic rings. The predicted octanol–water partition coefficient (Wildman–Crippen LogP) is 5.07. The maximum Gasteiger partial charge on any atom is 0.433 e. The molecule has 0 aliphatic heterocycles. The van der Waals surface area contributed by atoms with Gasteiger partial charge in [0.25, 0.3) is 0 Å². The maximum atomic E-state index is 13.0. The first kappa shape index (κ1) is 18.1. The second-order valence-corrected chi connectivity index (χ2v) is 7.51. The smallest absolute Gasteiger partial charge is 0.324 e. The Bertz CT molecular complexity index is 1160. The lowest BCUT2D eigenvalue weighted by atomic mass is 10.3. The molecule has 0 unspecified atom stereocenters. The summed E-state index contributed by atoms with van der Waals surface area (Å²) in [5.41, 5.74) is 0.994. The van der Waals surface area contributed by atoms with E-state index in [1.807, 2.05) is 17.5 Å². The number of thioether (sulfide) groups is 1. The average Bonchev–Trinajstić information content (AvgIpc) is 3.12. The van der Waals surface area contributed by atoms with Crippen molar-refractivity contribution in [3.8, 4) is 11.5 Å². The summed E-state index contributed by atoms with van der Waals surface area (Å²) in [6.45, 7) is 2.01. The van der Waals surface area contributed by atoms with Gasteiger partial charge in [-0.25, -0.2) is 15.0 Å². The normalized spacial score (nSPS) is 12.4. The number of halogens is 4. The Morgan fingerprint density at radius 2 is 2.00 bits per heavy atom. The van der Waals surface area contributed by atoms with Crippen molar-refractivity contribution in [2.75, 3.05) is 5.75 Å². The van der Waals surface area contributed by atoms with E-state index in [1.165, 1.54) is 6.20 Å². The summed E-state index contributed by atoms with van der Waals surface area (Å²) in [5.74, 6) is 1.27. The third-order valence-electron chi connectivity index (χ3n) is 4.09. The fourth-order valence-corrected chi connectivity index (χ4v) is 3.87. The zero-order chi connectivity index (χ0) is 19.3. The summed E-state index contributed by atoms with van der Waals surface area (Å²) >= 11 is 7.64. The van der Waals surface area contributed by atoms with Crippen molar-refractivity contribution >= 4 is 40.0 Å². The van der Waals surface area contributed by atoms with Gasteiger partial charge < -0.3 is 4.57 Å². The second kappa shape index (κ2) is 6.42. The van der Waals surface area contributed by atoms with Crippen LogP contribution in [0, 0.1) is 0 Å². The molecule has 4 aromatic heterocycles. The summed E-state index contributed by atoms with van der Waals surface area (Å²) in [7, 11) is 1.73. The number of nitrogens with zero attached hydrogens (tertiary/aromatic N) is 5. The van der Waals surface area contributed by atoms with Gasteiger partial charge in [-0.2, -0.15) is 13.2 Å². The SMILES string of the molecule is CCSc1c(-c2nc3cc(C(F)(F)F)ncc3n2C)nc2cc(Cl)ccn12. The van der Waals surface area contributed by atoms with Gasteiger partial charge in [0.15, 0.2) is 5.82 Å². The molecule has 4 heterocycles. The molecule has 10 heteroatoms. The molecular weight excluding hydrogens is 399 g/mol. The largest absolute Gasteiger partial charge is 0.433 e. The summed E-state index contributed by atoms with van der Waals surface area (Å²) in [6, 6.07) is 4.45. The molecule has 0 N–H and O–H groups in total. The average molecular weight is 412 g/mol. The van der Waals surface area contributed by atoms with Crippen LogP contribution in [-0.4, -0.2) is 29.7 Å². The number of aryl methyl sites for hydroxylation is 1. The molecule has 0 saturated carbocycles. The van der Waals surface area contributed by atoms with Crippen molar-refractivity contribution < 1.29 is 13.2 Å². The highest BCUT2D eigenvalue weighted by atomic mass is 35.5. The van der Waals surface area contributed by atoms with Crippen molar-refractivity contribution in [3.05, 3.63) is 41.3 Å². The van der Waals surface area contributed by atoms with E-state index >= 15 is 0 Å². The number of pyridine rings is 2. The number of fused-ring (bicyclic) bond motifs is 2. The third-order valence-corrected chi connectivity index (χ3v) is 5.28. The van der Waals surface area contributed by atoms with Gasteiger partial charge in [-0.1, -0.05) is 18.5 Å². The van der Waals surface area contributed by atoms with E-state index in [0.717, 1.165) is 16.8 Å². The Kier molecular flexibility index (Phi) is 4.31. The van der Waals surface area contributed by atoms with E-state index in [0.29, 0.717) is 27.7 Å². The zero-order valence-corrected chi connectivity index (χ0v) is 15.8. The molecular formula is C17H13ClF3N5S. The van der Waals surface area contributed by atoms with Crippen molar-refractivity contribution in [1.82, 2.24) is 23.9 Å². The van der Waals surface area contributed by atoms with Crippen molar-refractivity contribution in [2.24, 2.45) is 7.05 Å². The highest BCUT2D eigenvalue weighted by molar-refractivity contribution is 7.99. The van der Waals surface area contributed by atoms with Gasteiger partial charge in [-0.15, -0.1) is 11.8 Å². The molecule has 27 heavy (non-hydrogen) atoms. The minimum absolute atomic E-state index is 0.220. The Balaban J connectivity index is 1.96. The topological polar surface area (TPSA) is 48.0 Å². The van der Waals surface area contributed by atoms with Crippen LogP contribution < -0.4 is 0 Å². The van der Waals surface area contributed by atoms with E-state index in [-0.39, 0.29) is 5.52 Å². The van der Waals surface area contributed by atoms with Crippen LogP contribution in [0.5, 0.6) is 0 Å². The minimum atomic E-state index is -4.52. The molecule has 140 valence electrons. The molecule has 0 radical (unpaired) electrons. The van der Waals surface area contributed by atoms with Gasteiger partial charge in [0.2, 0.25) is 0 Å². The second-order valence-electron chi connectivity index (χ2n) is 5.82. The molecule has 4 rings (SSSR count). The van der Waals surface area contributed by atoms with Crippen LogP contribution in [0.4, 0.5) is 13.2 Å². The van der Waals surface area contributed by atoms with Gasteiger partial charge >= 0.3 is 6.18 Å². The van der Waals surface area contributed by atoms with Crippen molar-refractivity contribution in [3.63, 3.8) is 0 Å². The third kappa shape index (κ3) is 3.04. The standard InChI is InChI=1S/C17H13ClF3N5S/c1-3-27-16-14(24-13-6-9(18)4-5-26(13)16)15-23-10-7-12(17(19,20)21)22-8-11(10)25(15)2/h4-8H,3H2,1-2H3. The van der Waals surface area contributed by atoms with Crippen LogP contribution in [-0.2, 0) is 13.2 Å². The fourth-order valence-electron chi connectivity index (χ4n) is 2.87. The molecule has 0 spiro atoms. The Morgan fingerprint density at radius 1 is 1.22 bits per heavy atom. The minimum Gasteiger partial charge on any atom is -0.324 e. The first-order valence-electron chi connectivity index (χ1n) is 8.00. The van der Waals surface area contributed by atoms with Gasteiger partial charge in [0.1, 0.15) is 22.1 Å². The van der Waals surface area contributed by atoms with Crippen LogP contribution in [0.25, 0.3) is 28.2 Å². The van der Waals surface area contributed by atoms with Crippen LogP contribution in [0.1, 0.15) is 12.6 Å². The Morgan fingerprint density at radius 3 is 2.70 bits per heavy atom. The Labute approximate surface area is 161 Å². The molecule has 0 atom stereocenters. The van der Waals surface area contributed by atoms with Crippen LogP contribution in [0.3, 0.4) is 0 Å². The number of rotatable bonds is 3. The maximum absolute atomic E-state index is 13.0. The molecule has 0 aromatic carbocycles. The van der Waals surface area contributed by atoms with Crippen LogP contribution in [0.15, 0.2) is 35.6 Å². The van der Waals surface area contributed by atoms with Gasteiger partial charge in [-0.05, 0) is 17.9 Å². The summed E-state index contributed by atoms with van der Waals surface area (Å²) in [6.07, 6.45) is -1.51. The van der Waals surface area contributed by atoms with Gasteiger partial charge in [-0.3, -0.25) is 4.40 Å². The van der Waals surface area contributed by atoms with Gasteiger partial charge in [0.05, 0.1) is 17.2 Å². The number of hydrogen-bond donors (Lipinski definition) is 0. The van der Waals surface area contributed by atoms with Crippen molar-refractivity contribution in [1.29, 1.82) is 0 Å². The number of hydrogen-bond acceptors (Lipinski definition) is 4. The van der Waals surface area contributed by atoms with E-state index in [1.54, 1.807) is 35.5 Å². The lowest BCUT2D eigenvalue weighted by molar-refractivity contribution is -0.141. The molecule has 0 fully saturated rings. The molecule has 5 nitrogen and oxygen atoms in total. The van der Waals surface area contributed by atoms with Crippen molar-refractivity contribution in [2.45, 2.75) is 18.1 Å². The number of imidazole rings is 2. The van der Waals surface area contributed by atoms with E-state index in [2.05, 4.69) is 15.0 Å². The molecule has 4 aromatic rings. The van der Waals surface area contributed by atoms with Crippen LogP contribution >= 0.6 is 23.4 Å². The Hall–Kier alpha value is -2.26. The van der Waals surface area contributed by atoms with E-state index in [4.69, 9.17) is 11.6 Å². The molecule has 0 bridgehead atoms. The first-order valence-corrected chi connectivity index (χ1v) is 9.36. The monoisotopic (exact) mass is 411 g/mol. The quantitative estimate of drug-likeness (QED) is 0.442. The van der Waals surface area contributed by atoms with E-state index in [9.17, 15) is 13.2 Å². The highest BCUT2D eigenvalue weighted by Gasteiger charge is 2.33. The molecule has 0 saturated heterocycles. The molecule has 0 aliphatic carbocycles. The molecule has 0 amide bonds. The lowest BCUT2D eigenvalue weighted by Gasteiger charge is -2.05. The first-order chi connectivity index (χ1) is 12.8. The van der Waals surface area contributed by atoms with E-state index < -0.39 is 11.9 Å². The van der Waals surface area contributed by atoms with Crippen LogP contribution in [0.2, 0.25) is 5.02 Å². The number of alkyl halides is 3. The predicted molar refractivity (Wildman–Crippen MR) is 99.1 cm³/mol. The fraction of sp³-hybridized carbons (Fsp3) is 0.235. The zero-order valence-electron chi connectivity index (χ0n) is 14.3. The lowest BCUT2D eigenvalue weighted by Crippen LogP contribution is -2.07. The highest BCUT2D eigenvalue weighted by Crippen LogP contribution is 2.35. The summed E-state index contributed by atoms with van der Waals surface area (Å²) in [5, 5.41) is 1.41. The summed E-state index contributed by atoms with van der Waals surface area (Å²) in [4.78, 5) is 12.6. The summed E-state index contributed by atoms with van der Waals surface area (Å²) < 4.78 is 42.5. The van der Waals surface area contributed by atoms with Gasteiger partial charge in [0, 0.05) is 24.3 Å². The number of aromatic nitrogens is 5.